The van der Waals surface area contributed by atoms with Gasteiger partial charge in [-0.2, -0.15) is 5.26 Å². The predicted octanol–water partition coefficient (Wildman–Crippen LogP) is 1.92. The highest BCUT2D eigenvalue weighted by atomic mass is 16.3. The van der Waals surface area contributed by atoms with Crippen molar-refractivity contribution in [3.8, 4) is 17.7 Å². The van der Waals surface area contributed by atoms with E-state index in [2.05, 4.69) is 9.97 Å². The van der Waals surface area contributed by atoms with Gasteiger partial charge < -0.3 is 4.42 Å². The molecule has 0 radical (unpaired) electrons. The zero-order chi connectivity index (χ0) is 9.97. The first-order valence-corrected chi connectivity index (χ1v) is 4.09. The summed E-state index contributed by atoms with van der Waals surface area (Å²) in [4.78, 5) is 8.20. The van der Waals surface area contributed by atoms with E-state index in [4.69, 9.17) is 9.68 Å². The van der Waals surface area contributed by atoms with Crippen LogP contribution in [-0.4, -0.2) is 9.97 Å². The molecule has 0 N–H and O–H groups in total. The fourth-order valence-corrected chi connectivity index (χ4v) is 1.14. The Hall–Kier alpha value is -2.15. The number of nitrogens with zero attached hydrogens (tertiary/aromatic N) is 3. The number of aromatic nitrogens is 2. The highest BCUT2D eigenvalue weighted by Crippen LogP contribution is 2.15. The van der Waals surface area contributed by atoms with Crippen LogP contribution in [-0.2, 0) is 0 Å². The molecule has 68 valence electrons. The second-order valence-corrected chi connectivity index (χ2v) is 2.81. The van der Waals surface area contributed by atoms with Gasteiger partial charge >= 0.3 is 0 Å². The first-order chi connectivity index (χ1) is 6.79. The average molecular weight is 185 g/mol. The zero-order valence-electron chi connectivity index (χ0n) is 7.56. The van der Waals surface area contributed by atoms with Gasteiger partial charge in [0.05, 0.1) is 6.26 Å². The van der Waals surface area contributed by atoms with Gasteiger partial charge in [0.1, 0.15) is 11.8 Å². The lowest BCUT2D eigenvalue weighted by molar-refractivity contribution is 0.577. The number of furan rings is 1. The standard InChI is InChI=1S/C10H7N3O/c1-7-5-8(6-11)13-10(12-7)9-3-2-4-14-9/h2-5H,1H3. The molecule has 0 aromatic carbocycles. The molecule has 4 nitrogen and oxygen atoms in total. The van der Waals surface area contributed by atoms with Crippen LogP contribution in [0.2, 0.25) is 0 Å². The molecule has 0 aliphatic rings. The first-order valence-electron chi connectivity index (χ1n) is 4.09. The molecule has 0 spiro atoms. The maximum atomic E-state index is 8.71. The summed E-state index contributed by atoms with van der Waals surface area (Å²) in [5.74, 6) is 1.02. The zero-order valence-corrected chi connectivity index (χ0v) is 7.56. The third-order valence-corrected chi connectivity index (χ3v) is 1.71. The van der Waals surface area contributed by atoms with Crippen molar-refractivity contribution in [1.82, 2.24) is 9.97 Å². The Balaban J connectivity index is 2.55. The van der Waals surface area contributed by atoms with Gasteiger partial charge in [-0.25, -0.2) is 9.97 Å². The molecule has 0 fully saturated rings. The van der Waals surface area contributed by atoms with Crippen molar-refractivity contribution in [1.29, 1.82) is 5.26 Å². The number of hydrogen-bond acceptors (Lipinski definition) is 4. The van der Waals surface area contributed by atoms with Gasteiger partial charge in [0.25, 0.3) is 0 Å². The molecule has 2 rings (SSSR count). The van der Waals surface area contributed by atoms with Crippen molar-refractivity contribution in [3.05, 3.63) is 35.9 Å². The number of rotatable bonds is 1. The molecule has 0 amide bonds. The van der Waals surface area contributed by atoms with Gasteiger partial charge in [-0.1, -0.05) is 0 Å². The third kappa shape index (κ3) is 1.48. The SMILES string of the molecule is Cc1cc(C#N)nc(-c2ccco2)n1. The van der Waals surface area contributed by atoms with Gasteiger partial charge in [0.15, 0.2) is 11.6 Å². The molecule has 2 aromatic heterocycles. The molecule has 0 atom stereocenters. The van der Waals surface area contributed by atoms with E-state index in [0.29, 0.717) is 17.3 Å². The van der Waals surface area contributed by atoms with E-state index in [1.807, 2.05) is 13.0 Å². The lowest BCUT2D eigenvalue weighted by Crippen LogP contribution is -1.93. The van der Waals surface area contributed by atoms with Crippen molar-refractivity contribution in [3.63, 3.8) is 0 Å². The normalized spacial score (nSPS) is 9.71. The lowest BCUT2D eigenvalue weighted by Gasteiger charge is -1.97. The van der Waals surface area contributed by atoms with Crippen LogP contribution in [0.4, 0.5) is 0 Å². The molecule has 4 heteroatoms. The van der Waals surface area contributed by atoms with Crippen LogP contribution in [0.1, 0.15) is 11.4 Å². The van der Waals surface area contributed by atoms with Crippen molar-refractivity contribution < 1.29 is 4.42 Å². The molecule has 14 heavy (non-hydrogen) atoms. The van der Waals surface area contributed by atoms with E-state index in [-0.39, 0.29) is 0 Å². The maximum absolute atomic E-state index is 8.71. The summed E-state index contributed by atoms with van der Waals surface area (Å²) in [7, 11) is 0. The van der Waals surface area contributed by atoms with Crippen molar-refractivity contribution in [2.75, 3.05) is 0 Å². The maximum Gasteiger partial charge on any atom is 0.197 e. The molecule has 2 aromatic rings. The molecular formula is C10H7N3O. The molecule has 0 saturated carbocycles. The minimum atomic E-state index is 0.351. The number of hydrogen-bond donors (Lipinski definition) is 0. The largest absolute Gasteiger partial charge is 0.461 e. The van der Waals surface area contributed by atoms with Gasteiger partial charge in [-0.3, -0.25) is 0 Å². The summed E-state index contributed by atoms with van der Waals surface area (Å²) in [6.07, 6.45) is 1.55. The number of aryl methyl sites for hydroxylation is 1. The van der Waals surface area contributed by atoms with Crippen molar-refractivity contribution in [2.45, 2.75) is 6.92 Å². The van der Waals surface area contributed by atoms with E-state index >= 15 is 0 Å². The van der Waals surface area contributed by atoms with Crippen LogP contribution in [0, 0.1) is 18.3 Å². The third-order valence-electron chi connectivity index (χ3n) is 1.71. The van der Waals surface area contributed by atoms with Crippen LogP contribution in [0.15, 0.2) is 28.9 Å². The minimum absolute atomic E-state index is 0.351. The molecule has 0 bridgehead atoms. The molecular weight excluding hydrogens is 178 g/mol. The van der Waals surface area contributed by atoms with Gasteiger partial charge in [0.2, 0.25) is 0 Å². The highest BCUT2D eigenvalue weighted by molar-refractivity contribution is 5.47. The minimum Gasteiger partial charge on any atom is -0.461 e. The molecule has 0 aliphatic heterocycles. The summed E-state index contributed by atoms with van der Waals surface area (Å²) in [5.41, 5.74) is 1.10. The molecule has 0 aliphatic carbocycles. The van der Waals surface area contributed by atoms with Crippen molar-refractivity contribution in [2.24, 2.45) is 0 Å². The lowest BCUT2D eigenvalue weighted by atomic mass is 10.3. The summed E-state index contributed by atoms with van der Waals surface area (Å²) in [5, 5.41) is 8.71. The predicted molar refractivity (Wildman–Crippen MR) is 49.2 cm³/mol. The van der Waals surface area contributed by atoms with Crippen LogP contribution >= 0.6 is 0 Å². The quantitative estimate of drug-likeness (QED) is 0.680. The Morgan fingerprint density at radius 2 is 2.29 bits per heavy atom. The summed E-state index contributed by atoms with van der Waals surface area (Å²) < 4.78 is 5.14. The molecule has 0 unspecified atom stereocenters. The Labute approximate surface area is 80.8 Å². The fraction of sp³-hybridized carbons (Fsp3) is 0.100. The summed E-state index contributed by atoms with van der Waals surface area (Å²) in [6, 6.07) is 7.13. The van der Waals surface area contributed by atoms with Crippen LogP contribution < -0.4 is 0 Å². The molecule has 2 heterocycles. The Morgan fingerprint density at radius 3 is 2.93 bits per heavy atom. The average Bonchev–Trinajstić information content (AvgIpc) is 2.69. The van der Waals surface area contributed by atoms with Crippen molar-refractivity contribution >= 4 is 0 Å². The highest BCUT2D eigenvalue weighted by Gasteiger charge is 2.06. The summed E-state index contributed by atoms with van der Waals surface area (Å²) >= 11 is 0. The van der Waals surface area contributed by atoms with Gasteiger partial charge in [0, 0.05) is 5.69 Å². The monoisotopic (exact) mass is 185 g/mol. The topological polar surface area (TPSA) is 62.7 Å². The van der Waals surface area contributed by atoms with Crippen LogP contribution in [0.25, 0.3) is 11.6 Å². The summed E-state index contributed by atoms with van der Waals surface area (Å²) in [6.45, 7) is 1.81. The smallest absolute Gasteiger partial charge is 0.197 e. The first kappa shape index (κ1) is 8.45. The Morgan fingerprint density at radius 1 is 1.43 bits per heavy atom. The van der Waals surface area contributed by atoms with E-state index in [1.54, 1.807) is 24.5 Å². The van der Waals surface area contributed by atoms with E-state index in [1.165, 1.54) is 0 Å². The second-order valence-electron chi connectivity index (χ2n) is 2.81. The second kappa shape index (κ2) is 3.30. The van der Waals surface area contributed by atoms with Crippen LogP contribution in [0.5, 0.6) is 0 Å². The fourth-order valence-electron chi connectivity index (χ4n) is 1.14. The van der Waals surface area contributed by atoms with Gasteiger partial charge in [-0.15, -0.1) is 0 Å². The van der Waals surface area contributed by atoms with E-state index < -0.39 is 0 Å². The van der Waals surface area contributed by atoms with Crippen LogP contribution in [0.3, 0.4) is 0 Å². The molecule has 0 saturated heterocycles. The van der Waals surface area contributed by atoms with E-state index in [0.717, 1.165) is 5.69 Å². The Kier molecular flexibility index (Phi) is 1.99. The van der Waals surface area contributed by atoms with Gasteiger partial charge in [-0.05, 0) is 25.1 Å². The number of nitriles is 1. The Bertz CT molecular complexity index is 483. The van der Waals surface area contributed by atoms with E-state index in [9.17, 15) is 0 Å².